The average Bonchev–Trinajstić information content (AvgIpc) is 2.99. The summed E-state index contributed by atoms with van der Waals surface area (Å²) in [4.78, 5) is 12.3. The molecule has 22 heavy (non-hydrogen) atoms. The van der Waals surface area contributed by atoms with E-state index in [1.165, 1.54) is 10.1 Å². The highest BCUT2D eigenvalue weighted by molar-refractivity contribution is 7.22. The Hall–Kier alpha value is -1.69. The van der Waals surface area contributed by atoms with E-state index < -0.39 is 0 Å². The van der Waals surface area contributed by atoms with Crippen molar-refractivity contribution in [3.63, 3.8) is 0 Å². The molecule has 112 valence electrons. The van der Waals surface area contributed by atoms with Crippen LogP contribution in [-0.2, 0) is 4.74 Å². The lowest BCUT2D eigenvalue weighted by atomic mass is 10.2. The quantitative estimate of drug-likeness (QED) is 0.669. The van der Waals surface area contributed by atoms with Crippen LogP contribution in [0.15, 0.2) is 36.4 Å². The maximum Gasteiger partial charge on any atom is 0.227 e. The van der Waals surface area contributed by atoms with Gasteiger partial charge in [0.15, 0.2) is 0 Å². The predicted octanol–water partition coefficient (Wildman–Crippen LogP) is 3.85. The van der Waals surface area contributed by atoms with Gasteiger partial charge in [-0.05, 0) is 17.5 Å². The van der Waals surface area contributed by atoms with E-state index in [-0.39, 0.29) is 0 Å². The Balaban J connectivity index is 1.75. The first-order chi connectivity index (χ1) is 10.8. The van der Waals surface area contributed by atoms with E-state index in [1.807, 2.05) is 12.1 Å². The second-order valence-electron chi connectivity index (χ2n) is 5.12. The Bertz CT molecular complexity index is 781. The molecule has 0 bridgehead atoms. The van der Waals surface area contributed by atoms with Gasteiger partial charge >= 0.3 is 0 Å². The lowest BCUT2D eigenvalue weighted by Gasteiger charge is -2.26. The van der Waals surface area contributed by atoms with E-state index in [1.54, 1.807) is 11.3 Å². The number of hydrogen-bond acceptors (Lipinski definition) is 5. The molecular formula is C16H14ClN3OS. The zero-order valence-corrected chi connectivity index (χ0v) is 13.4. The third kappa shape index (κ3) is 2.67. The van der Waals surface area contributed by atoms with Crippen molar-refractivity contribution in [3.05, 3.63) is 41.6 Å². The molecule has 0 N–H and O–H groups in total. The number of anilines is 1. The Labute approximate surface area is 137 Å². The number of hydrogen-bond donors (Lipinski definition) is 0. The molecule has 1 fully saturated rings. The van der Waals surface area contributed by atoms with Crippen LogP contribution in [0.5, 0.6) is 0 Å². The number of ether oxygens (including phenoxy) is 1. The van der Waals surface area contributed by atoms with Crippen molar-refractivity contribution in [2.75, 3.05) is 31.2 Å². The van der Waals surface area contributed by atoms with E-state index in [4.69, 9.17) is 21.3 Å². The van der Waals surface area contributed by atoms with Crippen LogP contribution in [0.25, 0.3) is 20.7 Å². The predicted molar refractivity (Wildman–Crippen MR) is 90.9 cm³/mol. The molecule has 1 aliphatic heterocycles. The highest BCUT2D eigenvalue weighted by Crippen LogP contribution is 2.33. The van der Waals surface area contributed by atoms with Gasteiger partial charge in [-0.25, -0.2) is 9.97 Å². The number of morpholine rings is 1. The van der Waals surface area contributed by atoms with Crippen molar-refractivity contribution in [2.45, 2.75) is 0 Å². The normalized spacial score (nSPS) is 15.4. The molecule has 1 aliphatic rings. The number of nitrogens with zero attached hydrogens (tertiary/aromatic N) is 3. The maximum absolute atomic E-state index is 6.21. The standard InChI is InChI=1S/C16H14ClN3OS/c17-15-10-12(14-9-11-3-1-2-4-13(11)22-14)18-16(19-15)20-5-7-21-8-6-20/h1-4,9-10H,5-8H2. The molecule has 0 amide bonds. The first-order valence-electron chi connectivity index (χ1n) is 7.16. The highest BCUT2D eigenvalue weighted by atomic mass is 35.5. The van der Waals surface area contributed by atoms with Crippen LogP contribution in [0.4, 0.5) is 5.95 Å². The molecule has 4 nitrogen and oxygen atoms in total. The summed E-state index contributed by atoms with van der Waals surface area (Å²) in [5.41, 5.74) is 0.877. The first kappa shape index (κ1) is 13.9. The lowest BCUT2D eigenvalue weighted by molar-refractivity contribution is 0.122. The molecule has 0 spiro atoms. The summed E-state index contributed by atoms with van der Waals surface area (Å²) in [6.45, 7) is 3.00. The van der Waals surface area contributed by atoms with E-state index in [2.05, 4.69) is 34.1 Å². The van der Waals surface area contributed by atoms with Gasteiger partial charge < -0.3 is 9.64 Å². The van der Waals surface area contributed by atoms with Crippen molar-refractivity contribution in [1.82, 2.24) is 9.97 Å². The van der Waals surface area contributed by atoms with Crippen LogP contribution in [0.2, 0.25) is 5.15 Å². The molecular weight excluding hydrogens is 318 g/mol. The molecule has 0 saturated carbocycles. The van der Waals surface area contributed by atoms with E-state index in [9.17, 15) is 0 Å². The molecule has 1 saturated heterocycles. The van der Waals surface area contributed by atoms with Gasteiger partial charge in [0.25, 0.3) is 0 Å². The molecule has 4 rings (SSSR count). The minimum Gasteiger partial charge on any atom is -0.378 e. The second-order valence-corrected chi connectivity index (χ2v) is 6.59. The lowest BCUT2D eigenvalue weighted by Crippen LogP contribution is -2.37. The SMILES string of the molecule is Clc1cc(-c2cc3ccccc3s2)nc(N2CCOCC2)n1. The molecule has 6 heteroatoms. The minimum absolute atomic E-state index is 0.476. The minimum atomic E-state index is 0.476. The summed E-state index contributed by atoms with van der Waals surface area (Å²) in [7, 11) is 0. The molecule has 3 aromatic rings. The summed E-state index contributed by atoms with van der Waals surface area (Å²) >= 11 is 7.94. The third-order valence-corrected chi connectivity index (χ3v) is 4.99. The van der Waals surface area contributed by atoms with Crippen LogP contribution in [0, 0.1) is 0 Å². The number of benzene rings is 1. The summed E-state index contributed by atoms with van der Waals surface area (Å²) < 4.78 is 6.63. The zero-order chi connectivity index (χ0) is 14.9. The van der Waals surface area contributed by atoms with Crippen LogP contribution in [0.1, 0.15) is 0 Å². The van der Waals surface area contributed by atoms with Crippen molar-refractivity contribution in [1.29, 1.82) is 0 Å². The van der Waals surface area contributed by atoms with E-state index >= 15 is 0 Å². The Morgan fingerprint density at radius 2 is 1.91 bits per heavy atom. The van der Waals surface area contributed by atoms with Gasteiger partial charge in [0.2, 0.25) is 5.95 Å². The number of rotatable bonds is 2. The second kappa shape index (κ2) is 5.83. The van der Waals surface area contributed by atoms with Crippen molar-refractivity contribution in [2.24, 2.45) is 0 Å². The van der Waals surface area contributed by atoms with Crippen LogP contribution < -0.4 is 4.90 Å². The van der Waals surface area contributed by atoms with Gasteiger partial charge in [0, 0.05) is 23.9 Å². The smallest absolute Gasteiger partial charge is 0.227 e. The van der Waals surface area contributed by atoms with Crippen LogP contribution in [-0.4, -0.2) is 36.3 Å². The van der Waals surface area contributed by atoms with E-state index in [0.717, 1.165) is 23.7 Å². The molecule has 1 aromatic carbocycles. The fraction of sp³-hybridized carbons (Fsp3) is 0.250. The Kier molecular flexibility index (Phi) is 3.70. The molecule has 0 radical (unpaired) electrons. The fourth-order valence-corrected chi connectivity index (χ4v) is 3.75. The third-order valence-electron chi connectivity index (χ3n) is 3.65. The molecule has 2 aromatic heterocycles. The van der Waals surface area contributed by atoms with Gasteiger partial charge in [-0.3, -0.25) is 0 Å². The summed E-state index contributed by atoms with van der Waals surface area (Å²) in [5.74, 6) is 0.684. The first-order valence-corrected chi connectivity index (χ1v) is 8.35. The van der Waals surface area contributed by atoms with Crippen LogP contribution in [0.3, 0.4) is 0 Å². The highest BCUT2D eigenvalue weighted by Gasteiger charge is 2.16. The monoisotopic (exact) mass is 331 g/mol. The maximum atomic E-state index is 6.21. The number of fused-ring (bicyclic) bond motifs is 1. The molecule has 0 aliphatic carbocycles. The summed E-state index contributed by atoms with van der Waals surface area (Å²) in [6, 6.07) is 12.3. The number of halogens is 1. The fourth-order valence-electron chi connectivity index (χ4n) is 2.54. The average molecular weight is 332 g/mol. The van der Waals surface area contributed by atoms with Gasteiger partial charge in [-0.2, -0.15) is 0 Å². The van der Waals surface area contributed by atoms with Gasteiger partial charge in [-0.1, -0.05) is 29.8 Å². The van der Waals surface area contributed by atoms with Gasteiger partial charge in [0.1, 0.15) is 5.15 Å². The van der Waals surface area contributed by atoms with Crippen molar-refractivity contribution < 1.29 is 4.74 Å². The van der Waals surface area contributed by atoms with Crippen molar-refractivity contribution >= 4 is 39.0 Å². The van der Waals surface area contributed by atoms with Crippen molar-refractivity contribution in [3.8, 4) is 10.6 Å². The molecule has 3 heterocycles. The topological polar surface area (TPSA) is 38.2 Å². The Morgan fingerprint density at radius 1 is 1.09 bits per heavy atom. The van der Waals surface area contributed by atoms with Gasteiger partial charge in [0.05, 0.1) is 23.8 Å². The van der Waals surface area contributed by atoms with Gasteiger partial charge in [-0.15, -0.1) is 11.3 Å². The number of aromatic nitrogens is 2. The summed E-state index contributed by atoms with van der Waals surface area (Å²) in [6.07, 6.45) is 0. The Morgan fingerprint density at radius 3 is 2.73 bits per heavy atom. The van der Waals surface area contributed by atoms with E-state index in [0.29, 0.717) is 24.3 Å². The summed E-state index contributed by atoms with van der Waals surface area (Å²) in [5, 5.41) is 1.70. The molecule has 0 atom stereocenters. The molecule has 0 unspecified atom stereocenters. The number of thiophene rings is 1. The largest absolute Gasteiger partial charge is 0.378 e. The van der Waals surface area contributed by atoms with Crippen LogP contribution >= 0.6 is 22.9 Å². The zero-order valence-electron chi connectivity index (χ0n) is 11.8.